The lowest BCUT2D eigenvalue weighted by Gasteiger charge is -2.18. The molecule has 130 valence electrons. The van der Waals surface area contributed by atoms with Crippen molar-refractivity contribution in [2.45, 2.75) is 6.54 Å². The van der Waals surface area contributed by atoms with Gasteiger partial charge in [-0.15, -0.1) is 0 Å². The van der Waals surface area contributed by atoms with E-state index < -0.39 is 5.91 Å². The average Bonchev–Trinajstić information content (AvgIpc) is 3.26. The second-order valence-electron chi connectivity index (χ2n) is 5.29. The number of amides is 1. The SMILES string of the molecule is CSCCn1c(=NC(=O)c2ccno2)sc2cc3c(cc21)OCCO3. The summed E-state index contributed by atoms with van der Waals surface area (Å²) in [6, 6.07) is 5.41. The molecular weight excluding hydrogens is 362 g/mol. The van der Waals surface area contributed by atoms with E-state index in [-0.39, 0.29) is 5.76 Å². The van der Waals surface area contributed by atoms with Crippen molar-refractivity contribution in [1.29, 1.82) is 0 Å². The molecule has 0 unspecified atom stereocenters. The van der Waals surface area contributed by atoms with Crippen LogP contribution in [-0.4, -0.2) is 40.9 Å². The van der Waals surface area contributed by atoms with Gasteiger partial charge in [0, 0.05) is 30.5 Å². The van der Waals surface area contributed by atoms with Gasteiger partial charge in [-0.05, 0) is 6.26 Å². The van der Waals surface area contributed by atoms with Gasteiger partial charge in [-0.25, -0.2) is 0 Å². The van der Waals surface area contributed by atoms with Crippen molar-refractivity contribution in [3.05, 3.63) is 35.0 Å². The van der Waals surface area contributed by atoms with E-state index in [1.807, 2.05) is 23.0 Å². The van der Waals surface area contributed by atoms with Gasteiger partial charge in [0.05, 0.1) is 16.4 Å². The first-order valence-electron chi connectivity index (χ1n) is 7.68. The van der Waals surface area contributed by atoms with Crippen LogP contribution in [0.2, 0.25) is 0 Å². The van der Waals surface area contributed by atoms with Gasteiger partial charge in [-0.1, -0.05) is 16.5 Å². The minimum Gasteiger partial charge on any atom is -0.486 e. The molecule has 1 aliphatic heterocycles. The third kappa shape index (κ3) is 3.16. The minimum absolute atomic E-state index is 0.125. The number of aromatic nitrogens is 2. The summed E-state index contributed by atoms with van der Waals surface area (Å²) in [5, 5.41) is 3.56. The Labute approximate surface area is 151 Å². The van der Waals surface area contributed by atoms with E-state index in [0.29, 0.717) is 18.0 Å². The van der Waals surface area contributed by atoms with Crippen molar-refractivity contribution < 1.29 is 18.8 Å². The molecule has 3 heterocycles. The molecule has 0 fully saturated rings. The number of nitrogens with zero attached hydrogens (tertiary/aromatic N) is 3. The Hall–Kier alpha value is -2.26. The number of carbonyl (C=O) groups excluding carboxylic acids is 1. The maximum absolute atomic E-state index is 12.3. The maximum atomic E-state index is 12.3. The van der Waals surface area contributed by atoms with Gasteiger partial charge in [-0.3, -0.25) is 4.79 Å². The number of hydrogen-bond acceptors (Lipinski definition) is 7. The number of fused-ring (bicyclic) bond motifs is 2. The summed E-state index contributed by atoms with van der Waals surface area (Å²) in [4.78, 5) is 17.1. The number of rotatable bonds is 4. The van der Waals surface area contributed by atoms with Crippen LogP contribution in [0.15, 0.2) is 33.9 Å². The topological polar surface area (TPSA) is 78.9 Å². The predicted molar refractivity (Wildman–Crippen MR) is 95.6 cm³/mol. The van der Waals surface area contributed by atoms with E-state index in [4.69, 9.17) is 14.0 Å². The van der Waals surface area contributed by atoms with E-state index in [1.54, 1.807) is 11.8 Å². The Bertz CT molecular complexity index is 975. The molecule has 3 aromatic rings. The van der Waals surface area contributed by atoms with E-state index in [9.17, 15) is 4.79 Å². The Kier molecular flexibility index (Phi) is 4.50. The van der Waals surface area contributed by atoms with Crippen molar-refractivity contribution in [3.63, 3.8) is 0 Å². The molecule has 1 aliphatic rings. The lowest BCUT2D eigenvalue weighted by Crippen LogP contribution is -2.18. The first kappa shape index (κ1) is 16.2. The van der Waals surface area contributed by atoms with Gasteiger partial charge in [0.2, 0.25) is 5.76 Å². The molecule has 0 saturated carbocycles. The van der Waals surface area contributed by atoms with Crippen LogP contribution in [0.5, 0.6) is 11.5 Å². The molecular formula is C16H15N3O4S2. The summed E-state index contributed by atoms with van der Waals surface area (Å²) in [5.41, 5.74) is 0.979. The predicted octanol–water partition coefficient (Wildman–Crippen LogP) is 2.57. The highest BCUT2D eigenvalue weighted by Gasteiger charge is 2.17. The summed E-state index contributed by atoms with van der Waals surface area (Å²) >= 11 is 3.18. The first-order chi connectivity index (χ1) is 12.3. The minimum atomic E-state index is -0.445. The smallest absolute Gasteiger partial charge is 0.318 e. The third-order valence-corrected chi connectivity index (χ3v) is 5.34. The molecule has 1 amide bonds. The van der Waals surface area contributed by atoms with Gasteiger partial charge in [0.25, 0.3) is 0 Å². The molecule has 0 bridgehead atoms. The highest BCUT2D eigenvalue weighted by atomic mass is 32.2. The number of thioether (sulfide) groups is 1. The monoisotopic (exact) mass is 377 g/mol. The summed E-state index contributed by atoms with van der Waals surface area (Å²) in [7, 11) is 0. The third-order valence-electron chi connectivity index (χ3n) is 3.71. The fraction of sp³-hybridized carbons (Fsp3) is 0.312. The van der Waals surface area contributed by atoms with Crippen LogP contribution in [-0.2, 0) is 6.54 Å². The van der Waals surface area contributed by atoms with Gasteiger partial charge in [0.15, 0.2) is 16.3 Å². The van der Waals surface area contributed by atoms with Crippen LogP contribution in [0, 0.1) is 0 Å². The van der Waals surface area contributed by atoms with Crippen molar-refractivity contribution in [1.82, 2.24) is 9.72 Å². The molecule has 0 spiro atoms. The lowest BCUT2D eigenvalue weighted by molar-refractivity contribution is 0.0962. The van der Waals surface area contributed by atoms with Crippen LogP contribution in [0.25, 0.3) is 10.2 Å². The van der Waals surface area contributed by atoms with E-state index in [0.717, 1.165) is 34.0 Å². The number of ether oxygens (including phenoxy) is 2. The van der Waals surface area contributed by atoms with Gasteiger partial charge >= 0.3 is 5.91 Å². The summed E-state index contributed by atoms with van der Waals surface area (Å²) < 4.78 is 19.3. The van der Waals surface area contributed by atoms with Crippen LogP contribution >= 0.6 is 23.1 Å². The molecule has 0 N–H and O–H groups in total. The highest BCUT2D eigenvalue weighted by Crippen LogP contribution is 2.35. The molecule has 0 atom stereocenters. The van der Waals surface area contributed by atoms with Crippen LogP contribution < -0.4 is 14.3 Å². The molecule has 0 saturated heterocycles. The zero-order valence-electron chi connectivity index (χ0n) is 13.4. The van der Waals surface area contributed by atoms with Crippen molar-refractivity contribution >= 4 is 39.2 Å². The van der Waals surface area contributed by atoms with E-state index >= 15 is 0 Å². The summed E-state index contributed by atoms with van der Waals surface area (Å²) in [5.74, 6) is 2.04. The molecule has 9 heteroatoms. The molecule has 0 aliphatic carbocycles. The maximum Gasteiger partial charge on any atom is 0.318 e. The van der Waals surface area contributed by atoms with E-state index in [1.165, 1.54) is 23.6 Å². The fourth-order valence-corrected chi connectivity index (χ4v) is 3.99. The number of carbonyl (C=O) groups is 1. The number of aryl methyl sites for hydroxylation is 1. The Morgan fingerprint density at radius 1 is 1.36 bits per heavy atom. The average molecular weight is 377 g/mol. The molecule has 1 aromatic carbocycles. The fourth-order valence-electron chi connectivity index (χ4n) is 2.56. The summed E-state index contributed by atoms with van der Waals surface area (Å²) in [6.07, 6.45) is 3.47. The van der Waals surface area contributed by atoms with Gasteiger partial charge in [0.1, 0.15) is 13.2 Å². The zero-order chi connectivity index (χ0) is 17.2. The highest BCUT2D eigenvalue weighted by molar-refractivity contribution is 7.98. The van der Waals surface area contributed by atoms with E-state index in [2.05, 4.69) is 10.1 Å². The summed E-state index contributed by atoms with van der Waals surface area (Å²) in [6.45, 7) is 1.82. The molecule has 7 nitrogen and oxygen atoms in total. The largest absolute Gasteiger partial charge is 0.486 e. The van der Waals surface area contributed by atoms with Crippen molar-refractivity contribution in [2.75, 3.05) is 25.2 Å². The molecule has 0 radical (unpaired) electrons. The van der Waals surface area contributed by atoms with Crippen LogP contribution in [0.1, 0.15) is 10.6 Å². The Balaban J connectivity index is 1.85. The Morgan fingerprint density at radius 3 is 2.88 bits per heavy atom. The Morgan fingerprint density at radius 2 is 2.16 bits per heavy atom. The van der Waals surface area contributed by atoms with Gasteiger partial charge in [-0.2, -0.15) is 16.8 Å². The first-order valence-corrected chi connectivity index (χ1v) is 9.89. The standard InChI is InChI=1S/C16H15N3O4S2/c1-24-7-4-19-10-8-12-13(22-6-5-21-12)9-14(10)25-16(19)18-15(20)11-2-3-17-23-11/h2-3,8-9H,4-7H2,1H3. The normalized spacial score (nSPS) is 14.2. The van der Waals surface area contributed by atoms with Crippen molar-refractivity contribution in [3.8, 4) is 11.5 Å². The quantitative estimate of drug-likeness (QED) is 0.695. The molecule has 4 rings (SSSR count). The van der Waals surface area contributed by atoms with Crippen LogP contribution in [0.4, 0.5) is 0 Å². The number of thiazole rings is 1. The second-order valence-corrected chi connectivity index (χ2v) is 7.28. The van der Waals surface area contributed by atoms with Gasteiger partial charge < -0.3 is 18.6 Å². The molecule has 25 heavy (non-hydrogen) atoms. The lowest BCUT2D eigenvalue weighted by atomic mass is 10.2. The van der Waals surface area contributed by atoms with Crippen molar-refractivity contribution in [2.24, 2.45) is 4.99 Å². The second kappa shape index (κ2) is 6.93. The molecule has 2 aromatic heterocycles. The number of benzene rings is 1. The zero-order valence-corrected chi connectivity index (χ0v) is 15.1. The van der Waals surface area contributed by atoms with Crippen LogP contribution in [0.3, 0.4) is 0 Å². The number of hydrogen-bond donors (Lipinski definition) is 0.